The Morgan fingerprint density at radius 3 is 2.79 bits per heavy atom. The van der Waals surface area contributed by atoms with Gasteiger partial charge in [0.2, 0.25) is 5.91 Å². The molecule has 2 atom stereocenters. The number of carbonyl (C=O) groups is 1. The number of aromatic nitrogens is 1. The van der Waals surface area contributed by atoms with Crippen LogP contribution in [0.1, 0.15) is 30.0 Å². The molecule has 2 heterocycles. The molecule has 1 aromatic carbocycles. The monoisotopic (exact) mass is 326 g/mol. The van der Waals surface area contributed by atoms with Gasteiger partial charge >= 0.3 is 0 Å². The van der Waals surface area contributed by atoms with E-state index < -0.39 is 0 Å². The predicted octanol–water partition coefficient (Wildman–Crippen LogP) is 2.52. The molecule has 0 radical (unpaired) electrons. The quantitative estimate of drug-likeness (QED) is 0.886. The highest BCUT2D eigenvalue weighted by Gasteiger charge is 2.25. The van der Waals surface area contributed by atoms with Crippen LogP contribution in [0.25, 0.3) is 0 Å². The average Bonchev–Trinajstić information content (AvgIpc) is 3.18. The van der Waals surface area contributed by atoms with E-state index >= 15 is 0 Å². The number of nitrogens with zero attached hydrogens (tertiary/aromatic N) is 1. The molecular formula is C19H22N2O3. The fourth-order valence-electron chi connectivity index (χ4n) is 2.91. The second-order valence-corrected chi connectivity index (χ2v) is 5.83. The highest BCUT2D eigenvalue weighted by atomic mass is 16.5. The second-order valence-electron chi connectivity index (χ2n) is 5.83. The lowest BCUT2D eigenvalue weighted by Crippen LogP contribution is -2.37. The van der Waals surface area contributed by atoms with Crippen LogP contribution in [0.4, 0.5) is 0 Å². The van der Waals surface area contributed by atoms with Gasteiger partial charge in [-0.25, -0.2) is 0 Å². The molecule has 0 spiro atoms. The topological polar surface area (TPSA) is 60.5 Å². The maximum atomic E-state index is 12.2. The lowest BCUT2D eigenvalue weighted by Gasteiger charge is -2.19. The maximum Gasteiger partial charge on any atom is 0.249 e. The van der Waals surface area contributed by atoms with E-state index in [2.05, 4.69) is 10.3 Å². The summed E-state index contributed by atoms with van der Waals surface area (Å²) in [6.45, 7) is 1.16. The summed E-state index contributed by atoms with van der Waals surface area (Å²) < 4.78 is 10.7. The van der Waals surface area contributed by atoms with E-state index in [1.807, 2.05) is 42.5 Å². The third-order valence-corrected chi connectivity index (χ3v) is 4.27. The molecular weight excluding hydrogens is 304 g/mol. The average molecular weight is 326 g/mol. The number of benzene rings is 1. The number of nitrogens with one attached hydrogen (secondary N) is 1. The summed E-state index contributed by atoms with van der Waals surface area (Å²) in [6, 6.07) is 13.7. The van der Waals surface area contributed by atoms with Gasteiger partial charge < -0.3 is 14.8 Å². The van der Waals surface area contributed by atoms with Crippen molar-refractivity contribution in [3.8, 4) is 5.75 Å². The van der Waals surface area contributed by atoms with Gasteiger partial charge in [0.25, 0.3) is 0 Å². The fourth-order valence-corrected chi connectivity index (χ4v) is 2.91. The van der Waals surface area contributed by atoms with Crippen LogP contribution in [0.3, 0.4) is 0 Å². The van der Waals surface area contributed by atoms with Crippen LogP contribution < -0.4 is 10.1 Å². The largest absolute Gasteiger partial charge is 0.497 e. The fraction of sp³-hybridized carbons (Fsp3) is 0.368. The van der Waals surface area contributed by atoms with Crippen molar-refractivity contribution in [2.45, 2.75) is 24.9 Å². The van der Waals surface area contributed by atoms with E-state index in [1.54, 1.807) is 13.3 Å². The van der Waals surface area contributed by atoms with Crippen molar-refractivity contribution in [1.29, 1.82) is 0 Å². The van der Waals surface area contributed by atoms with Gasteiger partial charge in [0, 0.05) is 31.0 Å². The van der Waals surface area contributed by atoms with E-state index in [4.69, 9.17) is 9.47 Å². The zero-order chi connectivity index (χ0) is 16.8. The van der Waals surface area contributed by atoms with Crippen molar-refractivity contribution in [2.24, 2.45) is 0 Å². The Morgan fingerprint density at radius 1 is 1.33 bits per heavy atom. The lowest BCUT2D eigenvalue weighted by molar-refractivity contribution is -0.130. The molecule has 24 heavy (non-hydrogen) atoms. The van der Waals surface area contributed by atoms with Crippen LogP contribution in [0.5, 0.6) is 5.75 Å². The summed E-state index contributed by atoms with van der Waals surface area (Å²) in [5.74, 6) is 0.756. The summed E-state index contributed by atoms with van der Waals surface area (Å²) in [5, 5.41) is 3.02. The highest BCUT2D eigenvalue weighted by Crippen LogP contribution is 2.24. The number of pyridine rings is 1. The van der Waals surface area contributed by atoms with Crippen LogP contribution >= 0.6 is 0 Å². The molecule has 0 aliphatic carbocycles. The Hall–Kier alpha value is -2.40. The van der Waals surface area contributed by atoms with Crippen molar-refractivity contribution >= 4 is 5.91 Å². The number of ether oxygens (including phenoxy) is 2. The molecule has 0 saturated carbocycles. The first-order chi connectivity index (χ1) is 11.8. The molecule has 5 nitrogen and oxygen atoms in total. The van der Waals surface area contributed by atoms with Crippen molar-refractivity contribution in [2.75, 3.05) is 20.3 Å². The third kappa shape index (κ3) is 3.92. The minimum absolute atomic E-state index is 0.0116. The maximum absolute atomic E-state index is 12.2. The summed E-state index contributed by atoms with van der Waals surface area (Å²) in [6.07, 6.45) is 3.20. The smallest absolute Gasteiger partial charge is 0.249 e. The predicted molar refractivity (Wildman–Crippen MR) is 91.1 cm³/mol. The molecule has 126 valence electrons. The Kier molecular flexibility index (Phi) is 5.43. The molecule has 3 rings (SSSR count). The summed E-state index contributed by atoms with van der Waals surface area (Å²) in [7, 11) is 1.65. The number of hydrogen-bond donors (Lipinski definition) is 1. The van der Waals surface area contributed by atoms with E-state index in [-0.39, 0.29) is 17.9 Å². The van der Waals surface area contributed by atoms with Crippen molar-refractivity contribution in [3.05, 3.63) is 59.9 Å². The zero-order valence-electron chi connectivity index (χ0n) is 13.8. The summed E-state index contributed by atoms with van der Waals surface area (Å²) >= 11 is 0. The van der Waals surface area contributed by atoms with Crippen LogP contribution in [0.15, 0.2) is 48.7 Å². The summed E-state index contributed by atoms with van der Waals surface area (Å²) in [5.41, 5.74) is 2.01. The van der Waals surface area contributed by atoms with Crippen molar-refractivity contribution < 1.29 is 14.3 Å². The molecule has 0 bridgehead atoms. The van der Waals surface area contributed by atoms with E-state index in [0.29, 0.717) is 13.2 Å². The molecule has 2 unspecified atom stereocenters. The first kappa shape index (κ1) is 16.5. The standard InChI is InChI=1S/C19H22N2O3/c1-23-15-9-7-14(8-10-15)16(17-5-2-3-11-20-17)13-21-19(22)18-6-4-12-24-18/h2-3,5,7-11,16,18H,4,6,12-13H2,1H3,(H,21,22). The SMILES string of the molecule is COc1ccc(C(CNC(=O)C2CCCO2)c2ccccn2)cc1. The van der Waals surface area contributed by atoms with Gasteiger partial charge in [-0.05, 0) is 42.7 Å². The van der Waals surface area contributed by atoms with Crippen molar-refractivity contribution in [1.82, 2.24) is 10.3 Å². The molecule has 1 amide bonds. The van der Waals surface area contributed by atoms with Gasteiger partial charge in [0.1, 0.15) is 11.9 Å². The molecule has 1 aliphatic heterocycles. The molecule has 1 fully saturated rings. The number of amides is 1. The minimum Gasteiger partial charge on any atom is -0.497 e. The first-order valence-corrected chi connectivity index (χ1v) is 8.22. The Bertz CT molecular complexity index is 652. The van der Waals surface area contributed by atoms with E-state index in [0.717, 1.165) is 29.8 Å². The Balaban J connectivity index is 1.75. The molecule has 1 aliphatic rings. The molecule has 1 N–H and O–H groups in total. The third-order valence-electron chi connectivity index (χ3n) is 4.27. The normalized spacial score (nSPS) is 18.1. The van der Waals surface area contributed by atoms with Gasteiger partial charge in [-0.1, -0.05) is 18.2 Å². The number of hydrogen-bond acceptors (Lipinski definition) is 4. The van der Waals surface area contributed by atoms with Crippen LogP contribution in [-0.4, -0.2) is 37.3 Å². The molecule has 5 heteroatoms. The van der Waals surface area contributed by atoms with Crippen molar-refractivity contribution in [3.63, 3.8) is 0 Å². The number of rotatable bonds is 6. The number of carbonyl (C=O) groups excluding carboxylic acids is 1. The van der Waals surface area contributed by atoms with Gasteiger partial charge in [-0.15, -0.1) is 0 Å². The van der Waals surface area contributed by atoms with Crippen LogP contribution in [0.2, 0.25) is 0 Å². The van der Waals surface area contributed by atoms with Gasteiger partial charge in [-0.3, -0.25) is 9.78 Å². The van der Waals surface area contributed by atoms with Crippen LogP contribution in [-0.2, 0) is 9.53 Å². The van der Waals surface area contributed by atoms with E-state index in [1.165, 1.54) is 0 Å². The van der Waals surface area contributed by atoms with Gasteiger partial charge in [0.05, 0.1) is 7.11 Å². The summed E-state index contributed by atoms with van der Waals surface area (Å²) in [4.78, 5) is 16.7. The molecule has 2 aromatic rings. The molecule has 1 saturated heterocycles. The highest BCUT2D eigenvalue weighted by molar-refractivity contribution is 5.81. The van der Waals surface area contributed by atoms with Gasteiger partial charge in [-0.2, -0.15) is 0 Å². The van der Waals surface area contributed by atoms with E-state index in [9.17, 15) is 4.79 Å². The molecule has 1 aromatic heterocycles. The van der Waals surface area contributed by atoms with Gasteiger partial charge in [0.15, 0.2) is 0 Å². The second kappa shape index (κ2) is 7.93. The first-order valence-electron chi connectivity index (χ1n) is 8.22. The lowest BCUT2D eigenvalue weighted by atomic mass is 9.94. The zero-order valence-corrected chi connectivity index (χ0v) is 13.8. The Labute approximate surface area is 142 Å². The van der Waals surface area contributed by atoms with Crippen LogP contribution in [0, 0.1) is 0 Å². The number of methoxy groups -OCH3 is 1. The Morgan fingerprint density at radius 2 is 2.17 bits per heavy atom. The minimum atomic E-state index is -0.315.